The summed E-state index contributed by atoms with van der Waals surface area (Å²) in [7, 11) is 0. The van der Waals surface area contributed by atoms with Gasteiger partial charge in [0.15, 0.2) is 0 Å². The molecule has 0 aromatic heterocycles. The van der Waals surface area contributed by atoms with E-state index in [1.165, 1.54) is 31.2 Å². The lowest BCUT2D eigenvalue weighted by atomic mass is 10.1. The average Bonchev–Trinajstić information content (AvgIpc) is 3.24. The molecule has 0 radical (unpaired) electrons. The highest BCUT2D eigenvalue weighted by molar-refractivity contribution is 6.30. The van der Waals surface area contributed by atoms with Crippen LogP contribution in [0, 0.1) is 5.92 Å². The normalized spacial score (nSPS) is 20.9. The van der Waals surface area contributed by atoms with Gasteiger partial charge in [0.25, 0.3) is 0 Å². The maximum atomic E-state index is 6.06. The van der Waals surface area contributed by atoms with Gasteiger partial charge < -0.3 is 10.1 Å². The zero-order valence-corrected chi connectivity index (χ0v) is 11.3. The first kappa shape index (κ1) is 12.5. The molecular weight excluding hydrogens is 246 g/mol. The summed E-state index contributed by atoms with van der Waals surface area (Å²) in [5.74, 6) is 0.799. The molecule has 1 atom stereocenters. The smallest absolute Gasteiger partial charge is 0.0949 e. The number of hydrogen-bond donors (Lipinski definition) is 1. The van der Waals surface area contributed by atoms with Gasteiger partial charge >= 0.3 is 0 Å². The molecule has 18 heavy (non-hydrogen) atoms. The number of ether oxygens (including phenoxy) is 1. The fourth-order valence-electron chi connectivity index (χ4n) is 2.08. The van der Waals surface area contributed by atoms with Gasteiger partial charge in [0, 0.05) is 17.6 Å². The van der Waals surface area contributed by atoms with Crippen LogP contribution in [0.3, 0.4) is 0 Å². The van der Waals surface area contributed by atoms with Crippen molar-refractivity contribution >= 4 is 11.6 Å². The highest BCUT2D eigenvalue weighted by Gasteiger charge is 2.26. The molecule has 3 rings (SSSR count). The fraction of sp³-hybridized carbons (Fsp3) is 0.600. The predicted molar refractivity (Wildman–Crippen MR) is 73.9 cm³/mol. The molecule has 0 aliphatic heterocycles. The van der Waals surface area contributed by atoms with Gasteiger partial charge in [-0.15, -0.1) is 0 Å². The molecule has 1 N–H and O–H groups in total. The average molecular weight is 266 g/mol. The van der Waals surface area contributed by atoms with Crippen LogP contribution >= 0.6 is 11.6 Å². The Hall–Kier alpha value is -0.570. The second kappa shape index (κ2) is 5.60. The summed E-state index contributed by atoms with van der Waals surface area (Å²) < 4.78 is 6.06. The van der Waals surface area contributed by atoms with Gasteiger partial charge in [0.05, 0.1) is 12.7 Å². The molecule has 98 valence electrons. The minimum absolute atomic E-state index is 0.143. The van der Waals surface area contributed by atoms with Crippen LogP contribution in [0.2, 0.25) is 5.02 Å². The van der Waals surface area contributed by atoms with Crippen LogP contribution in [0.4, 0.5) is 0 Å². The Kier molecular flexibility index (Phi) is 3.88. The molecule has 2 fully saturated rings. The van der Waals surface area contributed by atoms with Crippen molar-refractivity contribution in [2.24, 2.45) is 5.92 Å². The third-order valence-corrected chi connectivity index (χ3v) is 3.85. The first-order chi connectivity index (χ1) is 8.81. The van der Waals surface area contributed by atoms with Crippen molar-refractivity contribution < 1.29 is 4.74 Å². The Bertz CT molecular complexity index is 385. The maximum absolute atomic E-state index is 6.06. The molecule has 1 aromatic carbocycles. The van der Waals surface area contributed by atoms with Gasteiger partial charge in [-0.25, -0.2) is 0 Å². The Morgan fingerprint density at radius 3 is 2.78 bits per heavy atom. The minimum Gasteiger partial charge on any atom is -0.372 e. The van der Waals surface area contributed by atoms with Crippen molar-refractivity contribution in [2.45, 2.75) is 37.8 Å². The molecule has 0 spiro atoms. The van der Waals surface area contributed by atoms with E-state index in [4.69, 9.17) is 16.3 Å². The van der Waals surface area contributed by atoms with Crippen molar-refractivity contribution in [3.8, 4) is 0 Å². The van der Waals surface area contributed by atoms with Crippen LogP contribution in [-0.4, -0.2) is 19.2 Å². The predicted octanol–water partition coefficient (Wildman–Crippen LogP) is 3.56. The van der Waals surface area contributed by atoms with Gasteiger partial charge in [-0.1, -0.05) is 23.7 Å². The molecule has 2 saturated carbocycles. The summed E-state index contributed by atoms with van der Waals surface area (Å²) in [6.45, 7) is 1.79. The summed E-state index contributed by atoms with van der Waals surface area (Å²) in [6.07, 6.45) is 5.43. The largest absolute Gasteiger partial charge is 0.372 e. The van der Waals surface area contributed by atoms with E-state index in [-0.39, 0.29) is 6.10 Å². The zero-order valence-electron chi connectivity index (χ0n) is 10.6. The van der Waals surface area contributed by atoms with Gasteiger partial charge in [0.1, 0.15) is 0 Å². The highest BCUT2D eigenvalue weighted by atomic mass is 35.5. The Balaban J connectivity index is 1.61. The summed E-state index contributed by atoms with van der Waals surface area (Å²) in [4.78, 5) is 0. The number of rotatable bonds is 7. The third-order valence-electron chi connectivity index (χ3n) is 3.62. The summed E-state index contributed by atoms with van der Waals surface area (Å²) >= 11 is 6.06. The first-order valence-corrected chi connectivity index (χ1v) is 7.29. The van der Waals surface area contributed by atoms with E-state index in [2.05, 4.69) is 11.4 Å². The summed E-state index contributed by atoms with van der Waals surface area (Å²) in [5.41, 5.74) is 1.19. The standard InChI is InChI=1S/C15H20ClNO/c16-13-3-1-2-12(8-13)15(9-17-14-6-7-14)18-10-11-4-5-11/h1-3,8,11,14-15,17H,4-7,9-10H2. The zero-order chi connectivity index (χ0) is 12.4. The molecule has 0 saturated heterocycles. The van der Waals surface area contributed by atoms with Crippen LogP contribution in [0.25, 0.3) is 0 Å². The number of nitrogens with one attached hydrogen (secondary N) is 1. The van der Waals surface area contributed by atoms with E-state index in [0.29, 0.717) is 0 Å². The lowest BCUT2D eigenvalue weighted by Gasteiger charge is -2.19. The van der Waals surface area contributed by atoms with Crippen LogP contribution in [0.1, 0.15) is 37.4 Å². The second-order valence-electron chi connectivity index (χ2n) is 5.50. The fourth-order valence-corrected chi connectivity index (χ4v) is 2.28. The van der Waals surface area contributed by atoms with Crippen molar-refractivity contribution in [2.75, 3.05) is 13.2 Å². The molecule has 1 unspecified atom stereocenters. The van der Waals surface area contributed by atoms with Crippen molar-refractivity contribution in [1.29, 1.82) is 0 Å². The minimum atomic E-state index is 0.143. The lowest BCUT2D eigenvalue weighted by molar-refractivity contribution is 0.0450. The highest BCUT2D eigenvalue weighted by Crippen LogP contribution is 2.31. The van der Waals surface area contributed by atoms with E-state index in [0.717, 1.165) is 30.1 Å². The number of hydrogen-bond acceptors (Lipinski definition) is 2. The molecule has 3 heteroatoms. The van der Waals surface area contributed by atoms with Gasteiger partial charge in [-0.3, -0.25) is 0 Å². The van der Waals surface area contributed by atoms with E-state index in [9.17, 15) is 0 Å². The molecular formula is C15H20ClNO. The van der Waals surface area contributed by atoms with Crippen molar-refractivity contribution in [3.05, 3.63) is 34.9 Å². The third kappa shape index (κ3) is 3.71. The SMILES string of the molecule is Clc1cccc(C(CNC2CC2)OCC2CC2)c1. The van der Waals surface area contributed by atoms with Gasteiger partial charge in [-0.2, -0.15) is 0 Å². The molecule has 2 aliphatic rings. The summed E-state index contributed by atoms with van der Waals surface area (Å²) in [5, 5.41) is 4.34. The Labute approximate surface area is 114 Å². The van der Waals surface area contributed by atoms with Crippen molar-refractivity contribution in [1.82, 2.24) is 5.32 Å². The van der Waals surface area contributed by atoms with Crippen LogP contribution in [0.15, 0.2) is 24.3 Å². The quantitative estimate of drug-likeness (QED) is 0.814. The van der Waals surface area contributed by atoms with E-state index >= 15 is 0 Å². The van der Waals surface area contributed by atoms with Gasteiger partial charge in [-0.05, 0) is 49.3 Å². The van der Waals surface area contributed by atoms with Crippen LogP contribution in [0.5, 0.6) is 0 Å². The molecule has 2 aliphatic carbocycles. The summed E-state index contributed by atoms with van der Waals surface area (Å²) in [6, 6.07) is 8.77. The number of halogens is 1. The molecule has 0 heterocycles. The van der Waals surface area contributed by atoms with Crippen LogP contribution < -0.4 is 5.32 Å². The van der Waals surface area contributed by atoms with E-state index in [1.54, 1.807) is 0 Å². The second-order valence-corrected chi connectivity index (χ2v) is 5.94. The first-order valence-electron chi connectivity index (χ1n) is 6.92. The topological polar surface area (TPSA) is 21.3 Å². The Morgan fingerprint density at radius 1 is 1.28 bits per heavy atom. The van der Waals surface area contributed by atoms with Crippen LogP contribution in [-0.2, 0) is 4.74 Å². The van der Waals surface area contributed by atoms with Crippen molar-refractivity contribution in [3.63, 3.8) is 0 Å². The monoisotopic (exact) mass is 265 g/mol. The molecule has 2 nitrogen and oxygen atoms in total. The van der Waals surface area contributed by atoms with E-state index in [1.807, 2.05) is 18.2 Å². The van der Waals surface area contributed by atoms with Gasteiger partial charge in [0.2, 0.25) is 0 Å². The molecule has 0 bridgehead atoms. The molecule has 1 aromatic rings. The lowest BCUT2D eigenvalue weighted by Crippen LogP contribution is -2.25. The maximum Gasteiger partial charge on any atom is 0.0949 e. The Morgan fingerprint density at radius 2 is 2.11 bits per heavy atom. The molecule has 0 amide bonds. The van der Waals surface area contributed by atoms with E-state index < -0.39 is 0 Å². The number of benzene rings is 1.